The standard InChI is InChI=1S/C15H23NO/c1-15(2,3)10-13-8-5-9-16-14(13)17-11-12-6-4-7-12/h5,8-9,12H,4,6-7,10-11H2,1-3H3. The van der Waals surface area contributed by atoms with Gasteiger partial charge in [0.05, 0.1) is 6.61 Å². The Kier molecular flexibility index (Phi) is 3.70. The highest BCUT2D eigenvalue weighted by Crippen LogP contribution is 2.29. The smallest absolute Gasteiger partial charge is 0.216 e. The molecule has 17 heavy (non-hydrogen) atoms. The van der Waals surface area contributed by atoms with E-state index in [1.165, 1.54) is 24.8 Å². The van der Waals surface area contributed by atoms with Crippen molar-refractivity contribution < 1.29 is 4.74 Å². The summed E-state index contributed by atoms with van der Waals surface area (Å²) in [5, 5.41) is 0. The highest BCUT2D eigenvalue weighted by atomic mass is 16.5. The van der Waals surface area contributed by atoms with E-state index in [-0.39, 0.29) is 5.41 Å². The normalized spacial score (nSPS) is 16.6. The van der Waals surface area contributed by atoms with Gasteiger partial charge in [-0.15, -0.1) is 0 Å². The molecule has 0 atom stereocenters. The Balaban J connectivity index is 1.99. The third-order valence-corrected chi connectivity index (χ3v) is 3.25. The molecule has 0 bridgehead atoms. The number of rotatable bonds is 4. The van der Waals surface area contributed by atoms with Crippen molar-refractivity contribution in [3.05, 3.63) is 23.9 Å². The van der Waals surface area contributed by atoms with Crippen LogP contribution >= 0.6 is 0 Å². The molecule has 1 heterocycles. The summed E-state index contributed by atoms with van der Waals surface area (Å²) in [5.74, 6) is 1.61. The van der Waals surface area contributed by atoms with Gasteiger partial charge in [0.15, 0.2) is 0 Å². The molecule has 0 radical (unpaired) electrons. The molecule has 1 aliphatic carbocycles. The van der Waals surface area contributed by atoms with Crippen molar-refractivity contribution in [3.63, 3.8) is 0 Å². The molecule has 0 N–H and O–H groups in total. The van der Waals surface area contributed by atoms with Gasteiger partial charge in [-0.2, -0.15) is 0 Å². The molecule has 0 aromatic carbocycles. The third-order valence-electron chi connectivity index (χ3n) is 3.25. The van der Waals surface area contributed by atoms with Crippen molar-refractivity contribution in [1.82, 2.24) is 4.98 Å². The molecule has 1 saturated carbocycles. The summed E-state index contributed by atoms with van der Waals surface area (Å²) in [4.78, 5) is 4.37. The lowest BCUT2D eigenvalue weighted by Crippen LogP contribution is -2.20. The van der Waals surface area contributed by atoms with Crippen molar-refractivity contribution in [2.24, 2.45) is 11.3 Å². The van der Waals surface area contributed by atoms with Crippen LogP contribution in [0.25, 0.3) is 0 Å². The van der Waals surface area contributed by atoms with Gasteiger partial charge in [0.1, 0.15) is 0 Å². The van der Waals surface area contributed by atoms with Gasteiger partial charge in [0.25, 0.3) is 0 Å². The first-order chi connectivity index (χ1) is 8.04. The zero-order valence-corrected chi connectivity index (χ0v) is 11.2. The van der Waals surface area contributed by atoms with Crippen LogP contribution in [0.2, 0.25) is 0 Å². The molecule has 0 amide bonds. The van der Waals surface area contributed by atoms with Gasteiger partial charge in [-0.3, -0.25) is 0 Å². The predicted molar refractivity (Wildman–Crippen MR) is 70.2 cm³/mol. The lowest BCUT2D eigenvalue weighted by molar-refractivity contribution is 0.173. The fourth-order valence-electron chi connectivity index (χ4n) is 2.12. The largest absolute Gasteiger partial charge is 0.477 e. The molecule has 1 fully saturated rings. The van der Waals surface area contributed by atoms with Crippen molar-refractivity contribution in [1.29, 1.82) is 0 Å². The molecule has 94 valence electrons. The van der Waals surface area contributed by atoms with E-state index in [2.05, 4.69) is 31.8 Å². The Morgan fingerprint density at radius 3 is 2.71 bits per heavy atom. The summed E-state index contributed by atoms with van der Waals surface area (Å²) in [6, 6.07) is 4.13. The maximum absolute atomic E-state index is 5.88. The van der Waals surface area contributed by atoms with Crippen molar-refractivity contribution >= 4 is 0 Å². The Bertz CT molecular complexity index is 363. The summed E-state index contributed by atoms with van der Waals surface area (Å²) in [6.45, 7) is 7.58. The maximum atomic E-state index is 5.88. The Morgan fingerprint density at radius 2 is 2.12 bits per heavy atom. The number of hydrogen-bond acceptors (Lipinski definition) is 2. The van der Waals surface area contributed by atoms with Gasteiger partial charge in [0.2, 0.25) is 5.88 Å². The molecular formula is C15H23NO. The van der Waals surface area contributed by atoms with Crippen molar-refractivity contribution in [2.45, 2.75) is 46.5 Å². The summed E-state index contributed by atoms with van der Waals surface area (Å²) in [5.41, 5.74) is 1.51. The van der Waals surface area contributed by atoms with E-state index in [9.17, 15) is 0 Å². The molecule has 1 aliphatic rings. The van der Waals surface area contributed by atoms with Gasteiger partial charge in [-0.1, -0.05) is 33.3 Å². The number of ether oxygens (including phenoxy) is 1. The monoisotopic (exact) mass is 233 g/mol. The fourth-order valence-corrected chi connectivity index (χ4v) is 2.12. The Hall–Kier alpha value is -1.05. The minimum absolute atomic E-state index is 0.275. The number of pyridine rings is 1. The molecule has 1 aromatic heterocycles. The van der Waals surface area contributed by atoms with Gasteiger partial charge in [0, 0.05) is 11.8 Å². The van der Waals surface area contributed by atoms with Crippen LogP contribution in [0.5, 0.6) is 5.88 Å². The van der Waals surface area contributed by atoms with E-state index in [4.69, 9.17) is 4.74 Å². The van der Waals surface area contributed by atoms with E-state index in [0.717, 1.165) is 24.8 Å². The first-order valence-corrected chi connectivity index (χ1v) is 6.61. The zero-order chi connectivity index (χ0) is 12.3. The molecular weight excluding hydrogens is 210 g/mol. The third kappa shape index (κ3) is 3.72. The Labute approximate surface area is 104 Å². The lowest BCUT2D eigenvalue weighted by atomic mass is 9.86. The molecule has 0 spiro atoms. The molecule has 1 aromatic rings. The van der Waals surface area contributed by atoms with Crippen LogP contribution in [0.3, 0.4) is 0 Å². The number of aromatic nitrogens is 1. The highest BCUT2D eigenvalue weighted by Gasteiger charge is 2.20. The molecule has 0 aliphatic heterocycles. The van der Waals surface area contributed by atoms with Crippen LogP contribution in [-0.4, -0.2) is 11.6 Å². The van der Waals surface area contributed by atoms with Gasteiger partial charge in [-0.25, -0.2) is 4.98 Å². The van der Waals surface area contributed by atoms with Crippen LogP contribution < -0.4 is 4.74 Å². The minimum Gasteiger partial charge on any atom is -0.477 e. The quantitative estimate of drug-likeness (QED) is 0.788. The predicted octanol–water partition coefficient (Wildman–Crippen LogP) is 3.85. The number of nitrogens with zero attached hydrogens (tertiary/aromatic N) is 1. The second-order valence-corrected chi connectivity index (χ2v) is 6.31. The Morgan fingerprint density at radius 1 is 1.35 bits per heavy atom. The van der Waals surface area contributed by atoms with Gasteiger partial charge < -0.3 is 4.74 Å². The minimum atomic E-state index is 0.275. The van der Waals surface area contributed by atoms with Crippen LogP contribution in [0, 0.1) is 11.3 Å². The van der Waals surface area contributed by atoms with Crippen molar-refractivity contribution in [2.75, 3.05) is 6.61 Å². The first kappa shape index (κ1) is 12.4. The highest BCUT2D eigenvalue weighted by molar-refractivity contribution is 5.26. The summed E-state index contributed by atoms with van der Waals surface area (Å²) < 4.78 is 5.88. The molecule has 2 rings (SSSR count). The van der Waals surface area contributed by atoms with Crippen LogP contribution in [-0.2, 0) is 6.42 Å². The van der Waals surface area contributed by atoms with Crippen LogP contribution in [0.1, 0.15) is 45.6 Å². The van der Waals surface area contributed by atoms with E-state index in [1.807, 2.05) is 12.3 Å². The second-order valence-electron chi connectivity index (χ2n) is 6.31. The molecule has 0 unspecified atom stereocenters. The average molecular weight is 233 g/mol. The molecule has 2 nitrogen and oxygen atoms in total. The summed E-state index contributed by atoms with van der Waals surface area (Å²) in [7, 11) is 0. The summed E-state index contributed by atoms with van der Waals surface area (Å²) >= 11 is 0. The van der Waals surface area contributed by atoms with Crippen LogP contribution in [0.15, 0.2) is 18.3 Å². The number of hydrogen-bond donors (Lipinski definition) is 0. The van der Waals surface area contributed by atoms with Gasteiger partial charge >= 0.3 is 0 Å². The summed E-state index contributed by atoms with van der Waals surface area (Å²) in [6.07, 6.45) is 6.84. The van der Waals surface area contributed by atoms with Crippen molar-refractivity contribution in [3.8, 4) is 5.88 Å². The van der Waals surface area contributed by atoms with Crippen LogP contribution in [0.4, 0.5) is 0 Å². The SMILES string of the molecule is CC(C)(C)Cc1cccnc1OCC1CCC1. The fraction of sp³-hybridized carbons (Fsp3) is 0.667. The molecule has 0 saturated heterocycles. The second kappa shape index (κ2) is 5.07. The first-order valence-electron chi connectivity index (χ1n) is 6.61. The molecule has 2 heteroatoms. The van der Waals surface area contributed by atoms with E-state index in [0.29, 0.717) is 0 Å². The average Bonchev–Trinajstić information content (AvgIpc) is 2.16. The topological polar surface area (TPSA) is 22.1 Å². The zero-order valence-electron chi connectivity index (χ0n) is 11.2. The van der Waals surface area contributed by atoms with E-state index >= 15 is 0 Å². The maximum Gasteiger partial charge on any atom is 0.216 e. The van der Waals surface area contributed by atoms with Gasteiger partial charge in [-0.05, 0) is 36.7 Å². The van der Waals surface area contributed by atoms with E-state index in [1.54, 1.807) is 0 Å². The van der Waals surface area contributed by atoms with E-state index < -0.39 is 0 Å². The lowest BCUT2D eigenvalue weighted by Gasteiger charge is -2.26.